The molecule has 0 aliphatic heterocycles. The molecule has 0 aliphatic carbocycles. The molecule has 2 rings (SSSR count). The van der Waals surface area contributed by atoms with Crippen LogP contribution in [0.1, 0.15) is 5.56 Å². The Morgan fingerprint density at radius 2 is 2.26 bits per heavy atom. The van der Waals surface area contributed by atoms with E-state index in [2.05, 4.69) is 5.10 Å². The van der Waals surface area contributed by atoms with E-state index in [1.807, 2.05) is 24.3 Å². The molecule has 0 atom stereocenters. The highest BCUT2D eigenvalue weighted by atomic mass is 16.5. The van der Waals surface area contributed by atoms with E-state index in [4.69, 9.17) is 20.3 Å². The predicted octanol–water partition coefficient (Wildman–Crippen LogP) is 1.58. The van der Waals surface area contributed by atoms with Crippen LogP contribution in [-0.2, 0) is 6.61 Å². The minimum atomic E-state index is -1.26. The molecule has 0 amide bonds. The molecule has 0 radical (unpaired) electrons. The summed E-state index contributed by atoms with van der Waals surface area (Å²) in [5, 5.41) is 12.5. The maximum Gasteiger partial charge on any atom is 0.434 e. The largest absolute Gasteiger partial charge is 0.497 e. The molecule has 0 spiro atoms. The Morgan fingerprint density at radius 3 is 2.89 bits per heavy atom. The lowest BCUT2D eigenvalue weighted by Crippen LogP contribution is -2.12. The number of nitrogens with zero attached hydrogens (tertiary/aromatic N) is 2. The molecule has 0 saturated carbocycles. The highest BCUT2D eigenvalue weighted by molar-refractivity contribution is 5.71. The molecule has 1 aromatic heterocycles. The van der Waals surface area contributed by atoms with E-state index in [1.165, 1.54) is 6.07 Å². The Kier molecular flexibility index (Phi) is 3.56. The SMILES string of the molecule is COc1cccc(COc2cc(N)n(C(=O)O)n2)c1. The second kappa shape index (κ2) is 5.30. The van der Waals surface area contributed by atoms with Gasteiger partial charge in [0.25, 0.3) is 0 Å². The van der Waals surface area contributed by atoms with Gasteiger partial charge in [-0.05, 0) is 17.7 Å². The van der Waals surface area contributed by atoms with Crippen LogP contribution in [0.3, 0.4) is 0 Å². The van der Waals surface area contributed by atoms with Crippen LogP contribution in [0, 0.1) is 0 Å². The zero-order valence-electron chi connectivity index (χ0n) is 10.2. The van der Waals surface area contributed by atoms with Gasteiger partial charge in [0.2, 0.25) is 5.88 Å². The van der Waals surface area contributed by atoms with Crippen molar-refractivity contribution in [3.05, 3.63) is 35.9 Å². The van der Waals surface area contributed by atoms with Crippen molar-refractivity contribution in [3.8, 4) is 11.6 Å². The summed E-state index contributed by atoms with van der Waals surface area (Å²) in [5.41, 5.74) is 6.35. The molecule has 100 valence electrons. The van der Waals surface area contributed by atoms with Crippen LogP contribution < -0.4 is 15.2 Å². The maximum absolute atomic E-state index is 10.7. The van der Waals surface area contributed by atoms with E-state index in [-0.39, 0.29) is 18.3 Å². The number of ether oxygens (including phenoxy) is 2. The first kappa shape index (κ1) is 12.7. The molecular weight excluding hydrogens is 250 g/mol. The van der Waals surface area contributed by atoms with Gasteiger partial charge >= 0.3 is 6.09 Å². The predicted molar refractivity (Wildman–Crippen MR) is 67.4 cm³/mol. The van der Waals surface area contributed by atoms with Crippen LogP contribution in [0.15, 0.2) is 30.3 Å². The fraction of sp³-hybridized carbons (Fsp3) is 0.167. The van der Waals surface area contributed by atoms with Gasteiger partial charge in [-0.3, -0.25) is 0 Å². The Labute approximate surface area is 109 Å². The third-order valence-electron chi connectivity index (χ3n) is 2.42. The summed E-state index contributed by atoms with van der Waals surface area (Å²) in [7, 11) is 1.58. The van der Waals surface area contributed by atoms with Gasteiger partial charge in [0, 0.05) is 6.07 Å². The van der Waals surface area contributed by atoms with E-state index >= 15 is 0 Å². The standard InChI is InChI=1S/C12H13N3O4/c1-18-9-4-2-3-8(5-9)7-19-11-6-10(13)15(14-11)12(16)17/h2-6H,7,13H2,1H3,(H,16,17). The van der Waals surface area contributed by atoms with E-state index in [1.54, 1.807) is 7.11 Å². The molecular formula is C12H13N3O4. The van der Waals surface area contributed by atoms with Gasteiger partial charge in [-0.2, -0.15) is 0 Å². The third-order valence-corrected chi connectivity index (χ3v) is 2.42. The number of methoxy groups -OCH3 is 1. The van der Waals surface area contributed by atoms with Crippen molar-refractivity contribution in [2.45, 2.75) is 6.61 Å². The fourth-order valence-electron chi connectivity index (χ4n) is 1.52. The number of rotatable bonds is 4. The average Bonchev–Trinajstić information content (AvgIpc) is 2.78. The van der Waals surface area contributed by atoms with Gasteiger partial charge in [-0.15, -0.1) is 9.78 Å². The summed E-state index contributed by atoms with van der Waals surface area (Å²) in [6.07, 6.45) is -1.26. The second-order valence-corrected chi connectivity index (χ2v) is 3.74. The maximum atomic E-state index is 10.7. The topological polar surface area (TPSA) is 99.6 Å². The minimum Gasteiger partial charge on any atom is -0.497 e. The number of nitrogen functional groups attached to an aromatic ring is 1. The normalized spacial score (nSPS) is 10.2. The summed E-state index contributed by atoms with van der Waals surface area (Å²) in [5.74, 6) is 0.882. The zero-order valence-corrected chi connectivity index (χ0v) is 10.2. The van der Waals surface area contributed by atoms with Crippen molar-refractivity contribution in [2.75, 3.05) is 12.8 Å². The van der Waals surface area contributed by atoms with Crippen molar-refractivity contribution >= 4 is 11.9 Å². The molecule has 0 aliphatic rings. The number of hydrogen-bond acceptors (Lipinski definition) is 5. The zero-order chi connectivity index (χ0) is 13.8. The molecule has 7 nitrogen and oxygen atoms in total. The fourth-order valence-corrected chi connectivity index (χ4v) is 1.52. The van der Waals surface area contributed by atoms with Crippen molar-refractivity contribution in [1.29, 1.82) is 0 Å². The molecule has 19 heavy (non-hydrogen) atoms. The summed E-state index contributed by atoms with van der Waals surface area (Å²) in [6.45, 7) is 0.243. The second-order valence-electron chi connectivity index (χ2n) is 3.74. The summed E-state index contributed by atoms with van der Waals surface area (Å²) < 4.78 is 11.1. The van der Waals surface area contributed by atoms with Crippen molar-refractivity contribution in [1.82, 2.24) is 9.78 Å². The summed E-state index contributed by atoms with van der Waals surface area (Å²) in [6, 6.07) is 8.69. The van der Waals surface area contributed by atoms with Gasteiger partial charge in [0.1, 0.15) is 18.2 Å². The molecule has 3 N–H and O–H groups in total. The Hall–Kier alpha value is -2.70. The molecule has 0 bridgehead atoms. The van der Waals surface area contributed by atoms with Crippen LogP contribution in [0.25, 0.3) is 0 Å². The van der Waals surface area contributed by atoms with Crippen molar-refractivity contribution in [2.24, 2.45) is 0 Å². The van der Waals surface area contributed by atoms with E-state index in [9.17, 15) is 4.79 Å². The molecule has 7 heteroatoms. The smallest absolute Gasteiger partial charge is 0.434 e. The van der Waals surface area contributed by atoms with Crippen LogP contribution >= 0.6 is 0 Å². The van der Waals surface area contributed by atoms with Crippen LogP contribution in [-0.4, -0.2) is 28.1 Å². The number of nitrogens with two attached hydrogens (primary N) is 1. The lowest BCUT2D eigenvalue weighted by atomic mass is 10.2. The first-order chi connectivity index (χ1) is 9.10. The molecule has 0 saturated heterocycles. The van der Waals surface area contributed by atoms with Crippen molar-refractivity contribution < 1.29 is 19.4 Å². The Balaban J connectivity index is 2.06. The third kappa shape index (κ3) is 2.95. The minimum absolute atomic E-state index is 0.00754. The number of anilines is 1. The first-order valence-corrected chi connectivity index (χ1v) is 5.44. The van der Waals surface area contributed by atoms with E-state index < -0.39 is 6.09 Å². The quantitative estimate of drug-likeness (QED) is 0.868. The highest BCUT2D eigenvalue weighted by Gasteiger charge is 2.11. The van der Waals surface area contributed by atoms with Gasteiger partial charge in [-0.1, -0.05) is 12.1 Å². The number of aromatic nitrogens is 2. The monoisotopic (exact) mass is 263 g/mol. The number of hydrogen-bond donors (Lipinski definition) is 2. The molecule has 2 aromatic rings. The molecule has 1 aromatic carbocycles. The summed E-state index contributed by atoms with van der Waals surface area (Å²) >= 11 is 0. The van der Waals surface area contributed by atoms with Gasteiger partial charge in [-0.25, -0.2) is 4.79 Å². The van der Waals surface area contributed by atoms with Crippen LogP contribution in [0.4, 0.5) is 10.6 Å². The highest BCUT2D eigenvalue weighted by Crippen LogP contribution is 2.17. The number of benzene rings is 1. The van der Waals surface area contributed by atoms with Gasteiger partial charge in [0.05, 0.1) is 7.11 Å². The number of carboxylic acid groups (broad SMARTS) is 1. The Bertz CT molecular complexity index is 594. The average molecular weight is 263 g/mol. The van der Waals surface area contributed by atoms with Gasteiger partial charge in [0.15, 0.2) is 0 Å². The lowest BCUT2D eigenvalue weighted by Gasteiger charge is -2.04. The lowest BCUT2D eigenvalue weighted by molar-refractivity contribution is 0.192. The van der Waals surface area contributed by atoms with Gasteiger partial charge < -0.3 is 20.3 Å². The van der Waals surface area contributed by atoms with E-state index in [0.29, 0.717) is 4.68 Å². The van der Waals surface area contributed by atoms with E-state index in [0.717, 1.165) is 11.3 Å². The summed E-state index contributed by atoms with van der Waals surface area (Å²) in [4.78, 5) is 10.7. The first-order valence-electron chi connectivity index (χ1n) is 5.44. The Morgan fingerprint density at radius 1 is 1.47 bits per heavy atom. The molecule has 1 heterocycles. The van der Waals surface area contributed by atoms with Crippen LogP contribution in [0.5, 0.6) is 11.6 Å². The number of carbonyl (C=O) groups is 1. The van der Waals surface area contributed by atoms with Crippen LogP contribution in [0.2, 0.25) is 0 Å². The van der Waals surface area contributed by atoms with Crippen molar-refractivity contribution in [3.63, 3.8) is 0 Å². The molecule has 0 fully saturated rings. The molecule has 0 unspecified atom stereocenters.